The van der Waals surface area contributed by atoms with E-state index in [2.05, 4.69) is 10.8 Å². The first-order valence-electron chi connectivity index (χ1n) is 8.83. The van der Waals surface area contributed by atoms with Gasteiger partial charge in [0.2, 0.25) is 0 Å². The average molecular weight is 352 g/mol. The van der Waals surface area contributed by atoms with Gasteiger partial charge in [0.15, 0.2) is 6.29 Å². The highest BCUT2D eigenvalue weighted by molar-refractivity contribution is 5.72. The molecule has 2 N–H and O–H groups in total. The number of carbonyl (C=O) groups excluding carboxylic acids is 1. The van der Waals surface area contributed by atoms with Crippen molar-refractivity contribution >= 4 is 6.03 Å². The molecular weight excluding hydrogens is 327 g/mol. The third kappa shape index (κ3) is 4.90. The second-order valence-corrected chi connectivity index (χ2v) is 6.60. The van der Waals surface area contributed by atoms with E-state index in [4.69, 9.17) is 14.3 Å². The monoisotopic (exact) mass is 352 g/mol. The second-order valence-electron chi connectivity index (χ2n) is 6.60. The van der Waals surface area contributed by atoms with E-state index in [0.717, 1.165) is 37.7 Å². The van der Waals surface area contributed by atoms with Gasteiger partial charge < -0.3 is 14.8 Å². The molecule has 0 unspecified atom stereocenters. The van der Waals surface area contributed by atoms with Crippen molar-refractivity contribution in [2.45, 2.75) is 43.8 Å². The Labute approximate surface area is 147 Å². The maximum atomic E-state index is 13.2. The predicted molar refractivity (Wildman–Crippen MR) is 89.3 cm³/mol. The molecule has 0 spiro atoms. The quantitative estimate of drug-likeness (QED) is 0.800. The van der Waals surface area contributed by atoms with Gasteiger partial charge in [-0.2, -0.15) is 0 Å². The molecule has 2 saturated heterocycles. The fraction of sp³-hybridized carbons (Fsp3) is 0.611. The summed E-state index contributed by atoms with van der Waals surface area (Å²) < 4.78 is 24.1. The fourth-order valence-electron chi connectivity index (χ4n) is 3.34. The lowest BCUT2D eigenvalue weighted by atomic mass is 9.74. The second kappa shape index (κ2) is 8.60. The van der Waals surface area contributed by atoms with E-state index in [1.54, 1.807) is 12.1 Å². The molecule has 1 aromatic rings. The first kappa shape index (κ1) is 18.1. The van der Waals surface area contributed by atoms with Crippen LogP contribution in [0.5, 0.6) is 0 Å². The van der Waals surface area contributed by atoms with Crippen molar-refractivity contribution in [3.05, 3.63) is 35.6 Å². The van der Waals surface area contributed by atoms with Gasteiger partial charge in [-0.15, -0.1) is 0 Å². The van der Waals surface area contributed by atoms with Crippen molar-refractivity contribution in [1.82, 2.24) is 10.8 Å². The number of nitrogens with one attached hydrogen (secondary N) is 2. The largest absolute Gasteiger partial charge is 0.381 e. The first-order chi connectivity index (χ1) is 12.2. The van der Waals surface area contributed by atoms with Crippen molar-refractivity contribution in [2.75, 3.05) is 26.4 Å². The summed E-state index contributed by atoms with van der Waals surface area (Å²) in [7, 11) is 0. The molecule has 6 nitrogen and oxygen atoms in total. The Morgan fingerprint density at radius 2 is 1.96 bits per heavy atom. The van der Waals surface area contributed by atoms with Gasteiger partial charge in [-0.1, -0.05) is 12.1 Å². The Bertz CT molecular complexity index is 555. The fourth-order valence-corrected chi connectivity index (χ4v) is 3.34. The molecule has 1 atom stereocenters. The SMILES string of the molecule is O=C(NCC1(c2ccc(F)cc2)CCOCC1)NO[C@@H]1CCCCO1. The molecule has 0 aliphatic carbocycles. The van der Waals surface area contributed by atoms with Gasteiger partial charge >= 0.3 is 6.03 Å². The third-order valence-corrected chi connectivity index (χ3v) is 4.91. The standard InChI is InChI=1S/C18H25FN2O4/c19-15-6-4-14(5-7-15)18(8-11-23-12-9-18)13-20-17(22)21-25-16-3-1-2-10-24-16/h4-7,16H,1-3,8-13H2,(H2,20,21,22)/t16-/m1/s1. The lowest BCUT2D eigenvalue weighted by Crippen LogP contribution is -2.48. The topological polar surface area (TPSA) is 68.8 Å². The summed E-state index contributed by atoms with van der Waals surface area (Å²) in [6.45, 7) is 2.32. The number of benzene rings is 1. The molecule has 3 rings (SSSR count). The van der Waals surface area contributed by atoms with Gasteiger partial charge in [0.25, 0.3) is 0 Å². The maximum Gasteiger partial charge on any atom is 0.338 e. The minimum atomic E-state index is -0.401. The third-order valence-electron chi connectivity index (χ3n) is 4.91. The molecule has 2 fully saturated rings. The lowest BCUT2D eigenvalue weighted by Gasteiger charge is -2.38. The minimum absolute atomic E-state index is 0.259. The zero-order chi connectivity index (χ0) is 17.5. The molecule has 0 saturated carbocycles. The number of amides is 2. The van der Waals surface area contributed by atoms with Crippen molar-refractivity contribution in [3.63, 3.8) is 0 Å². The Hall–Kier alpha value is -1.70. The van der Waals surface area contributed by atoms with Crippen molar-refractivity contribution in [2.24, 2.45) is 0 Å². The number of rotatable bonds is 5. The molecule has 2 amide bonds. The zero-order valence-electron chi connectivity index (χ0n) is 14.3. The van der Waals surface area contributed by atoms with Crippen LogP contribution in [0.3, 0.4) is 0 Å². The van der Waals surface area contributed by atoms with E-state index in [-0.39, 0.29) is 17.5 Å². The summed E-state index contributed by atoms with van der Waals surface area (Å²) in [6, 6.07) is 6.08. The van der Waals surface area contributed by atoms with Crippen molar-refractivity contribution in [3.8, 4) is 0 Å². The molecule has 7 heteroatoms. The molecule has 2 heterocycles. The molecule has 0 bridgehead atoms. The van der Waals surface area contributed by atoms with Gasteiger partial charge in [-0.3, -0.25) is 0 Å². The lowest BCUT2D eigenvalue weighted by molar-refractivity contribution is -0.186. The van der Waals surface area contributed by atoms with Crippen LogP contribution in [-0.4, -0.2) is 38.7 Å². The summed E-state index contributed by atoms with van der Waals surface area (Å²) in [4.78, 5) is 17.3. The number of hydrogen-bond donors (Lipinski definition) is 2. The van der Waals surface area contributed by atoms with Crippen molar-refractivity contribution in [1.29, 1.82) is 0 Å². The molecule has 138 valence electrons. The Morgan fingerprint density at radius 1 is 1.20 bits per heavy atom. The highest BCUT2D eigenvalue weighted by atomic mass is 19.1. The van der Waals surface area contributed by atoms with Crippen LogP contribution in [0.25, 0.3) is 0 Å². The van der Waals surface area contributed by atoms with E-state index in [1.165, 1.54) is 12.1 Å². The van der Waals surface area contributed by atoms with E-state index >= 15 is 0 Å². The summed E-state index contributed by atoms with van der Waals surface area (Å²) in [5.74, 6) is -0.266. The van der Waals surface area contributed by atoms with Crippen LogP contribution in [-0.2, 0) is 19.7 Å². The van der Waals surface area contributed by atoms with Crippen LogP contribution < -0.4 is 10.8 Å². The van der Waals surface area contributed by atoms with Crippen LogP contribution in [0.1, 0.15) is 37.7 Å². The highest BCUT2D eigenvalue weighted by Crippen LogP contribution is 2.34. The van der Waals surface area contributed by atoms with Crippen LogP contribution in [0, 0.1) is 5.82 Å². The van der Waals surface area contributed by atoms with Gasteiger partial charge in [0.05, 0.1) is 0 Å². The highest BCUT2D eigenvalue weighted by Gasteiger charge is 2.35. The summed E-state index contributed by atoms with van der Waals surface area (Å²) in [5, 5.41) is 2.87. The van der Waals surface area contributed by atoms with Gasteiger partial charge in [-0.05, 0) is 43.4 Å². The number of urea groups is 1. The molecule has 25 heavy (non-hydrogen) atoms. The smallest absolute Gasteiger partial charge is 0.338 e. The van der Waals surface area contributed by atoms with Crippen LogP contribution >= 0.6 is 0 Å². The maximum absolute atomic E-state index is 13.2. The number of hydrogen-bond acceptors (Lipinski definition) is 4. The average Bonchev–Trinajstić information content (AvgIpc) is 2.67. The van der Waals surface area contributed by atoms with Gasteiger partial charge in [0.1, 0.15) is 5.82 Å². The molecule has 0 aromatic heterocycles. The zero-order valence-corrected chi connectivity index (χ0v) is 14.3. The molecule has 2 aliphatic rings. The van der Waals surface area contributed by atoms with Crippen LogP contribution in [0.4, 0.5) is 9.18 Å². The Balaban J connectivity index is 1.55. The minimum Gasteiger partial charge on any atom is -0.381 e. The Kier molecular flexibility index (Phi) is 6.23. The predicted octanol–water partition coefficient (Wildman–Crippen LogP) is 2.63. The van der Waals surface area contributed by atoms with E-state index in [1.807, 2.05) is 0 Å². The van der Waals surface area contributed by atoms with Gasteiger partial charge in [0, 0.05) is 38.2 Å². The molecule has 0 radical (unpaired) electrons. The van der Waals surface area contributed by atoms with Crippen LogP contribution in [0.15, 0.2) is 24.3 Å². The summed E-state index contributed by atoms with van der Waals surface area (Å²) in [5.41, 5.74) is 3.15. The molecular formula is C18H25FN2O4. The Morgan fingerprint density at radius 3 is 2.64 bits per heavy atom. The van der Waals surface area contributed by atoms with Crippen molar-refractivity contribution < 1.29 is 23.5 Å². The molecule has 1 aromatic carbocycles. The van der Waals surface area contributed by atoms with Crippen LogP contribution in [0.2, 0.25) is 0 Å². The molecule has 2 aliphatic heterocycles. The van der Waals surface area contributed by atoms with E-state index < -0.39 is 6.03 Å². The summed E-state index contributed by atoms with van der Waals surface area (Å²) >= 11 is 0. The first-order valence-corrected chi connectivity index (χ1v) is 8.83. The number of hydroxylamine groups is 1. The summed E-state index contributed by atoms with van der Waals surface area (Å²) in [6.07, 6.45) is 3.98. The van der Waals surface area contributed by atoms with Gasteiger partial charge in [-0.25, -0.2) is 19.5 Å². The number of ether oxygens (including phenoxy) is 2. The van der Waals surface area contributed by atoms with E-state index in [0.29, 0.717) is 26.4 Å². The number of carbonyl (C=O) groups is 1. The number of halogens is 1. The van der Waals surface area contributed by atoms with E-state index in [9.17, 15) is 9.18 Å². The normalized spacial score (nSPS) is 23.0.